The van der Waals surface area contributed by atoms with Crippen LogP contribution in [0.15, 0.2) is 48.5 Å². The number of ether oxygens (including phenoxy) is 1. The maximum absolute atomic E-state index is 10.4. The van der Waals surface area contributed by atoms with Gasteiger partial charge in [0.15, 0.2) is 0 Å². The highest BCUT2D eigenvalue weighted by Crippen LogP contribution is 2.34. The highest BCUT2D eigenvalue weighted by molar-refractivity contribution is 5.97. The number of fused-ring (bicyclic) bond motifs is 1. The summed E-state index contributed by atoms with van der Waals surface area (Å²) in [5.41, 5.74) is 6.04. The number of H-pyrrole nitrogens is 1. The molecule has 0 amide bonds. The van der Waals surface area contributed by atoms with Crippen LogP contribution >= 0.6 is 0 Å². The van der Waals surface area contributed by atoms with E-state index in [9.17, 15) is 4.79 Å². The maximum atomic E-state index is 10.4. The lowest BCUT2D eigenvalue weighted by molar-refractivity contribution is -0.128. The van der Waals surface area contributed by atoms with Gasteiger partial charge in [-0.15, -0.1) is 0 Å². The van der Waals surface area contributed by atoms with E-state index >= 15 is 0 Å². The molecule has 0 unspecified atom stereocenters. The fourth-order valence-corrected chi connectivity index (χ4v) is 3.06. The average Bonchev–Trinajstić information content (AvgIpc) is 2.92. The second kappa shape index (κ2) is 6.52. The number of carbonyl (C=O) groups is 1. The first-order valence-electron chi connectivity index (χ1n) is 8.26. The third kappa shape index (κ3) is 3.21. The Balaban J connectivity index is 2.06. The summed E-state index contributed by atoms with van der Waals surface area (Å²) in [6.07, 6.45) is 0.670. The first-order chi connectivity index (χ1) is 11.5. The molecule has 2 aromatic carbocycles. The minimum atomic E-state index is 0.138. The average molecular weight is 321 g/mol. The molecular formula is C21H23NO2. The lowest BCUT2D eigenvalue weighted by Gasteiger charge is -2.19. The van der Waals surface area contributed by atoms with E-state index in [-0.39, 0.29) is 5.41 Å². The van der Waals surface area contributed by atoms with Gasteiger partial charge in [-0.1, -0.05) is 63.2 Å². The van der Waals surface area contributed by atoms with Crippen molar-refractivity contribution in [1.29, 1.82) is 0 Å². The van der Waals surface area contributed by atoms with Gasteiger partial charge in [0, 0.05) is 28.6 Å². The standard InChI is InChI=1S/C21H23NO2/c1-21(2,3)16-10-8-15(9-11-16)20-17-6-4-5-7-18(17)22-19(20)12-13-24-14-23/h4-11,14,22H,12-13H2,1-3H3. The van der Waals surface area contributed by atoms with Crippen molar-refractivity contribution in [3.8, 4) is 11.1 Å². The van der Waals surface area contributed by atoms with Crippen molar-refractivity contribution < 1.29 is 9.53 Å². The Labute approximate surface area is 142 Å². The van der Waals surface area contributed by atoms with Crippen LogP contribution in [0.1, 0.15) is 32.0 Å². The van der Waals surface area contributed by atoms with E-state index in [1.807, 2.05) is 6.07 Å². The molecule has 0 saturated heterocycles. The van der Waals surface area contributed by atoms with Crippen LogP contribution in [0.25, 0.3) is 22.0 Å². The molecular weight excluding hydrogens is 298 g/mol. The molecule has 0 radical (unpaired) electrons. The summed E-state index contributed by atoms with van der Waals surface area (Å²) in [5, 5.41) is 1.20. The zero-order valence-electron chi connectivity index (χ0n) is 14.4. The molecule has 0 aliphatic rings. The van der Waals surface area contributed by atoms with Crippen molar-refractivity contribution in [2.24, 2.45) is 0 Å². The normalized spacial score (nSPS) is 11.6. The van der Waals surface area contributed by atoms with Gasteiger partial charge in [0.25, 0.3) is 6.47 Å². The van der Waals surface area contributed by atoms with Gasteiger partial charge >= 0.3 is 0 Å². The van der Waals surface area contributed by atoms with E-state index in [2.05, 4.69) is 68.2 Å². The molecule has 0 aliphatic heterocycles. The Morgan fingerprint density at radius 2 is 1.75 bits per heavy atom. The zero-order chi connectivity index (χ0) is 17.2. The summed E-state index contributed by atoms with van der Waals surface area (Å²) in [6, 6.07) is 17.0. The van der Waals surface area contributed by atoms with Crippen molar-refractivity contribution in [3.63, 3.8) is 0 Å². The number of hydrogen-bond donors (Lipinski definition) is 1. The summed E-state index contributed by atoms with van der Waals surface area (Å²) in [7, 11) is 0. The number of hydrogen-bond acceptors (Lipinski definition) is 2. The smallest absolute Gasteiger partial charge is 0.293 e. The topological polar surface area (TPSA) is 42.1 Å². The molecule has 3 rings (SSSR count). The van der Waals surface area contributed by atoms with Gasteiger partial charge in [-0.2, -0.15) is 0 Å². The quantitative estimate of drug-likeness (QED) is 0.539. The third-order valence-electron chi connectivity index (χ3n) is 4.36. The minimum Gasteiger partial charge on any atom is -0.467 e. The van der Waals surface area contributed by atoms with Crippen LogP contribution in [0, 0.1) is 0 Å². The Morgan fingerprint density at radius 1 is 1.04 bits per heavy atom. The highest BCUT2D eigenvalue weighted by atomic mass is 16.5. The molecule has 0 bridgehead atoms. The third-order valence-corrected chi connectivity index (χ3v) is 4.36. The van der Waals surface area contributed by atoms with E-state index in [1.54, 1.807) is 0 Å². The molecule has 0 aliphatic carbocycles. The van der Waals surface area contributed by atoms with E-state index in [4.69, 9.17) is 4.74 Å². The van der Waals surface area contributed by atoms with Crippen molar-refractivity contribution >= 4 is 17.4 Å². The van der Waals surface area contributed by atoms with Crippen LogP contribution in [0.4, 0.5) is 0 Å². The first-order valence-corrected chi connectivity index (χ1v) is 8.26. The maximum Gasteiger partial charge on any atom is 0.293 e. The SMILES string of the molecule is CC(C)(C)c1ccc(-c2c(CCOC=O)[nH]c3ccccc23)cc1. The lowest BCUT2D eigenvalue weighted by Crippen LogP contribution is -2.10. The molecule has 3 nitrogen and oxygen atoms in total. The molecule has 3 aromatic rings. The van der Waals surface area contributed by atoms with Gasteiger partial charge in [0.2, 0.25) is 0 Å². The summed E-state index contributed by atoms with van der Waals surface area (Å²) in [4.78, 5) is 13.9. The summed E-state index contributed by atoms with van der Waals surface area (Å²) >= 11 is 0. The molecule has 3 heteroatoms. The number of rotatable bonds is 5. The molecule has 0 atom stereocenters. The molecule has 1 N–H and O–H groups in total. The molecule has 1 heterocycles. The molecule has 0 spiro atoms. The monoisotopic (exact) mass is 321 g/mol. The van der Waals surface area contributed by atoms with E-state index < -0.39 is 0 Å². The van der Waals surface area contributed by atoms with E-state index in [0.717, 1.165) is 11.2 Å². The summed E-state index contributed by atoms with van der Waals surface area (Å²) in [6.45, 7) is 7.53. The van der Waals surface area contributed by atoms with Gasteiger partial charge in [-0.25, -0.2) is 0 Å². The summed E-state index contributed by atoms with van der Waals surface area (Å²) < 4.78 is 4.89. The van der Waals surface area contributed by atoms with Crippen molar-refractivity contribution in [1.82, 2.24) is 4.98 Å². The van der Waals surface area contributed by atoms with Gasteiger partial charge in [-0.05, 0) is 22.6 Å². The van der Waals surface area contributed by atoms with Gasteiger partial charge in [0.05, 0.1) is 6.61 Å². The largest absolute Gasteiger partial charge is 0.467 e. The second-order valence-corrected chi connectivity index (χ2v) is 7.07. The zero-order valence-corrected chi connectivity index (χ0v) is 14.4. The second-order valence-electron chi connectivity index (χ2n) is 7.07. The predicted molar refractivity (Wildman–Crippen MR) is 98.2 cm³/mol. The van der Waals surface area contributed by atoms with Crippen LogP contribution in [0.3, 0.4) is 0 Å². The predicted octanol–water partition coefficient (Wildman–Crippen LogP) is 4.85. The molecule has 0 saturated carbocycles. The number of para-hydroxylation sites is 1. The van der Waals surface area contributed by atoms with Crippen molar-refractivity contribution in [2.75, 3.05) is 6.61 Å². The number of aromatic nitrogens is 1. The van der Waals surface area contributed by atoms with Crippen LogP contribution in [0.2, 0.25) is 0 Å². The van der Waals surface area contributed by atoms with Crippen LogP contribution in [0.5, 0.6) is 0 Å². The van der Waals surface area contributed by atoms with Crippen LogP contribution < -0.4 is 0 Å². The number of carbonyl (C=O) groups excluding carboxylic acids is 1. The lowest BCUT2D eigenvalue weighted by atomic mass is 9.86. The van der Waals surface area contributed by atoms with E-state index in [0.29, 0.717) is 19.5 Å². The Morgan fingerprint density at radius 3 is 2.42 bits per heavy atom. The Hall–Kier alpha value is -2.55. The number of aromatic amines is 1. The molecule has 124 valence electrons. The fraction of sp³-hybridized carbons (Fsp3) is 0.286. The molecule has 0 fully saturated rings. The van der Waals surface area contributed by atoms with E-state index in [1.165, 1.54) is 22.1 Å². The Kier molecular flexibility index (Phi) is 4.43. The number of benzene rings is 2. The molecule has 1 aromatic heterocycles. The van der Waals surface area contributed by atoms with Gasteiger partial charge in [0.1, 0.15) is 0 Å². The first kappa shape index (κ1) is 16.3. The van der Waals surface area contributed by atoms with Crippen LogP contribution in [-0.2, 0) is 21.4 Å². The van der Waals surface area contributed by atoms with Gasteiger partial charge in [-0.3, -0.25) is 4.79 Å². The number of nitrogens with one attached hydrogen (secondary N) is 1. The van der Waals surface area contributed by atoms with Crippen molar-refractivity contribution in [3.05, 3.63) is 59.8 Å². The minimum absolute atomic E-state index is 0.138. The Bertz CT molecular complexity index is 838. The highest BCUT2D eigenvalue weighted by Gasteiger charge is 2.16. The fourth-order valence-electron chi connectivity index (χ4n) is 3.06. The molecule has 24 heavy (non-hydrogen) atoms. The summed E-state index contributed by atoms with van der Waals surface area (Å²) in [5.74, 6) is 0. The van der Waals surface area contributed by atoms with Gasteiger partial charge < -0.3 is 9.72 Å². The van der Waals surface area contributed by atoms with Crippen LogP contribution in [-0.4, -0.2) is 18.1 Å². The van der Waals surface area contributed by atoms with Crippen molar-refractivity contribution in [2.45, 2.75) is 32.6 Å².